The Bertz CT molecular complexity index is 891. The van der Waals surface area contributed by atoms with Gasteiger partial charge < -0.3 is 5.32 Å². The fourth-order valence-electron chi connectivity index (χ4n) is 4.06. The number of carbonyl (C=O) groups excluding carboxylic acids is 1. The van der Waals surface area contributed by atoms with Crippen LogP contribution in [0.25, 0.3) is 10.1 Å². The average molecular weight is 375 g/mol. The Hall–Kier alpha value is -2.04. The second kappa shape index (κ2) is 6.93. The first-order valence-electron chi connectivity index (χ1n) is 8.75. The van der Waals surface area contributed by atoms with Gasteiger partial charge >= 0.3 is 0 Å². The molecule has 3 aliphatic heterocycles. The summed E-state index contributed by atoms with van der Waals surface area (Å²) in [7, 11) is 0. The maximum Gasteiger partial charge on any atom is 0.299 e. The van der Waals surface area contributed by atoms with Crippen molar-refractivity contribution in [2.45, 2.75) is 38.3 Å². The van der Waals surface area contributed by atoms with Gasteiger partial charge in [0.15, 0.2) is 0 Å². The van der Waals surface area contributed by atoms with Crippen molar-refractivity contribution in [1.82, 2.24) is 15.2 Å². The van der Waals surface area contributed by atoms with Gasteiger partial charge in [-0.25, -0.2) is 4.98 Å². The van der Waals surface area contributed by atoms with Crippen molar-refractivity contribution >= 4 is 27.3 Å². The van der Waals surface area contributed by atoms with E-state index >= 15 is 0 Å². The second-order valence-corrected chi connectivity index (χ2v) is 7.81. The molecule has 2 aromatic heterocycles. The molecule has 1 N–H and O–H groups in total. The number of carbonyl (C=O) groups is 1. The average Bonchev–Trinajstić information content (AvgIpc) is 3.05. The van der Waals surface area contributed by atoms with E-state index in [1.54, 1.807) is 17.6 Å². The summed E-state index contributed by atoms with van der Waals surface area (Å²) < 4.78 is 25.5. The van der Waals surface area contributed by atoms with Crippen LogP contribution in [0.2, 0.25) is 0 Å². The third-order valence-corrected chi connectivity index (χ3v) is 6.42. The molecule has 3 aliphatic rings. The number of nitrogens with zero attached hydrogens (tertiary/aromatic N) is 2. The molecule has 0 spiro atoms. The molecule has 0 aromatic carbocycles. The van der Waals surface area contributed by atoms with E-state index in [0.29, 0.717) is 28.6 Å². The van der Waals surface area contributed by atoms with E-state index in [-0.39, 0.29) is 11.9 Å². The number of alkyl halides is 2. The van der Waals surface area contributed by atoms with Gasteiger partial charge in [0.1, 0.15) is 5.69 Å². The number of hydrogen-bond donors (Lipinski definition) is 1. The number of nitrogens with one attached hydrogen (secondary N) is 1. The number of hydrogen-bond acceptors (Lipinski definition) is 4. The maximum absolute atomic E-state index is 12.7. The number of thiophene rings is 1. The number of rotatable bonds is 2. The molecule has 3 saturated heterocycles. The van der Waals surface area contributed by atoms with E-state index in [1.165, 1.54) is 11.3 Å². The van der Waals surface area contributed by atoms with E-state index in [0.717, 1.165) is 30.6 Å². The van der Waals surface area contributed by atoms with E-state index in [9.17, 15) is 13.6 Å². The minimum absolute atomic E-state index is 0.128. The van der Waals surface area contributed by atoms with Gasteiger partial charge in [-0.2, -0.15) is 8.78 Å². The Kier molecular flexibility index (Phi) is 4.63. The Morgan fingerprint density at radius 1 is 1.42 bits per heavy atom. The van der Waals surface area contributed by atoms with Gasteiger partial charge in [0.05, 0.1) is 4.70 Å². The van der Waals surface area contributed by atoms with E-state index in [1.807, 2.05) is 5.92 Å². The number of piperidine rings is 3. The normalized spacial score (nSPS) is 27.4. The lowest BCUT2D eigenvalue weighted by molar-refractivity contribution is 0.0216. The third-order valence-electron chi connectivity index (χ3n) is 5.49. The Morgan fingerprint density at radius 3 is 2.88 bits per heavy atom. The van der Waals surface area contributed by atoms with E-state index in [4.69, 9.17) is 0 Å². The van der Waals surface area contributed by atoms with E-state index in [2.05, 4.69) is 28.0 Å². The minimum Gasteiger partial charge on any atom is -0.346 e. The monoisotopic (exact) mass is 375 g/mol. The summed E-state index contributed by atoms with van der Waals surface area (Å²) in [6, 6.07) is 2.11. The fraction of sp³-hybridized carbons (Fsp3) is 0.474. The molecule has 4 nitrogen and oxygen atoms in total. The molecule has 5 rings (SSSR count). The number of amides is 1. The molecular weight excluding hydrogens is 356 g/mol. The van der Waals surface area contributed by atoms with Crippen molar-refractivity contribution in [1.29, 1.82) is 0 Å². The smallest absolute Gasteiger partial charge is 0.299 e. The van der Waals surface area contributed by atoms with Crippen molar-refractivity contribution < 1.29 is 13.6 Å². The second-order valence-electron chi connectivity index (χ2n) is 6.90. The van der Waals surface area contributed by atoms with Crippen LogP contribution >= 0.6 is 11.3 Å². The molecule has 3 fully saturated rings. The topological polar surface area (TPSA) is 45.2 Å². The van der Waals surface area contributed by atoms with Crippen LogP contribution in [0.4, 0.5) is 8.78 Å². The van der Waals surface area contributed by atoms with Crippen LogP contribution in [-0.2, 0) is 0 Å². The first-order valence-corrected chi connectivity index (χ1v) is 9.63. The number of pyridine rings is 1. The van der Waals surface area contributed by atoms with Crippen LogP contribution < -0.4 is 5.32 Å². The van der Waals surface area contributed by atoms with E-state index < -0.39 is 6.43 Å². The highest BCUT2D eigenvalue weighted by Crippen LogP contribution is 2.32. The SMILES string of the molecule is C[C@H]1[C@H](NC(=O)c2cc3c(C#CC(F)F)csc3cn2)C2CCN1CC2. The molecule has 136 valence electrons. The summed E-state index contributed by atoms with van der Waals surface area (Å²) in [6.45, 7) is 4.36. The molecule has 2 atom stereocenters. The largest absolute Gasteiger partial charge is 0.346 e. The highest BCUT2D eigenvalue weighted by atomic mass is 32.1. The molecule has 0 unspecified atom stereocenters. The molecule has 5 heterocycles. The molecule has 26 heavy (non-hydrogen) atoms. The van der Waals surface area contributed by atoms with Crippen LogP contribution in [-0.4, -0.2) is 47.4 Å². The lowest BCUT2D eigenvalue weighted by Crippen LogP contribution is -2.62. The van der Waals surface area contributed by atoms with Crippen LogP contribution in [0.5, 0.6) is 0 Å². The zero-order valence-electron chi connectivity index (χ0n) is 14.3. The molecule has 2 aromatic rings. The number of aromatic nitrogens is 1. The summed E-state index contributed by atoms with van der Waals surface area (Å²) >= 11 is 1.38. The molecule has 7 heteroatoms. The zero-order chi connectivity index (χ0) is 18.3. The van der Waals surface area contributed by atoms with Crippen LogP contribution in [0.1, 0.15) is 35.8 Å². The standard InChI is InChI=1S/C19H19F2N3OS/c1-11-18(12-4-6-24(11)7-5-12)23-19(25)15-8-14-13(2-3-17(20)21)10-26-16(14)9-22-15/h8-12,17-18H,4-7H2,1H3,(H,23,25)/t11-,18-/m0/s1. The first kappa shape index (κ1) is 17.4. The summed E-state index contributed by atoms with van der Waals surface area (Å²) in [5, 5.41) is 5.57. The van der Waals surface area contributed by atoms with Gasteiger partial charge in [0, 0.05) is 34.6 Å². The van der Waals surface area contributed by atoms with Crippen LogP contribution in [0.3, 0.4) is 0 Å². The molecule has 1 amide bonds. The van der Waals surface area contributed by atoms with Gasteiger partial charge in [-0.05, 0) is 50.8 Å². The highest BCUT2D eigenvalue weighted by Gasteiger charge is 2.40. The van der Waals surface area contributed by atoms with Gasteiger partial charge in [-0.15, -0.1) is 11.3 Å². The Morgan fingerprint density at radius 2 is 2.19 bits per heavy atom. The van der Waals surface area contributed by atoms with Gasteiger partial charge in [-0.1, -0.05) is 5.92 Å². The predicted octanol–water partition coefficient (Wildman–Crippen LogP) is 3.13. The van der Waals surface area contributed by atoms with Gasteiger partial charge in [0.25, 0.3) is 12.3 Å². The van der Waals surface area contributed by atoms with Gasteiger partial charge in [-0.3, -0.25) is 9.69 Å². The Balaban J connectivity index is 1.57. The van der Waals surface area contributed by atoms with Crippen LogP contribution in [0.15, 0.2) is 17.6 Å². The van der Waals surface area contributed by atoms with Gasteiger partial charge in [0.2, 0.25) is 0 Å². The number of halogens is 2. The first-order chi connectivity index (χ1) is 12.5. The third kappa shape index (κ3) is 3.19. The van der Waals surface area contributed by atoms with Crippen molar-refractivity contribution in [3.63, 3.8) is 0 Å². The summed E-state index contributed by atoms with van der Waals surface area (Å²) in [6.07, 6.45) is 1.16. The number of fused-ring (bicyclic) bond motifs is 4. The lowest BCUT2D eigenvalue weighted by Gasteiger charge is -2.49. The summed E-state index contributed by atoms with van der Waals surface area (Å²) in [4.78, 5) is 19.4. The predicted molar refractivity (Wildman–Crippen MR) is 97.5 cm³/mol. The maximum atomic E-state index is 12.7. The van der Waals surface area contributed by atoms with Crippen molar-refractivity contribution in [3.8, 4) is 11.8 Å². The van der Waals surface area contributed by atoms with Crippen molar-refractivity contribution in [2.24, 2.45) is 5.92 Å². The molecule has 0 radical (unpaired) electrons. The lowest BCUT2D eigenvalue weighted by atomic mass is 9.79. The summed E-state index contributed by atoms with van der Waals surface area (Å²) in [5.41, 5.74) is 0.817. The zero-order valence-corrected chi connectivity index (χ0v) is 15.2. The molecule has 0 saturated carbocycles. The molecular formula is C19H19F2N3OS. The quantitative estimate of drug-likeness (QED) is 0.821. The highest BCUT2D eigenvalue weighted by molar-refractivity contribution is 7.17. The van der Waals surface area contributed by atoms with Crippen LogP contribution in [0, 0.1) is 17.8 Å². The summed E-state index contributed by atoms with van der Waals surface area (Å²) in [5.74, 6) is 4.66. The molecule has 2 bridgehead atoms. The van der Waals surface area contributed by atoms with Crippen molar-refractivity contribution in [2.75, 3.05) is 13.1 Å². The fourth-order valence-corrected chi connectivity index (χ4v) is 4.90. The Labute approximate surface area is 154 Å². The van der Waals surface area contributed by atoms with Crippen molar-refractivity contribution in [3.05, 3.63) is 28.9 Å². The minimum atomic E-state index is -2.67. The molecule has 0 aliphatic carbocycles.